The van der Waals surface area contributed by atoms with Crippen molar-refractivity contribution in [2.45, 2.75) is 38.3 Å². The molecule has 0 aromatic heterocycles. The van der Waals surface area contributed by atoms with Crippen molar-refractivity contribution in [3.05, 3.63) is 17.7 Å². The molecular weight excluding hydrogens is 258 g/mol. The van der Waals surface area contributed by atoms with Crippen LogP contribution in [0.1, 0.15) is 31.2 Å². The Bertz CT molecular complexity index is 457. The average molecular weight is 279 g/mol. The fourth-order valence-corrected chi connectivity index (χ4v) is 2.69. The van der Waals surface area contributed by atoms with Gasteiger partial charge in [0.2, 0.25) is 6.79 Å². The molecule has 0 saturated heterocycles. The van der Waals surface area contributed by atoms with Crippen LogP contribution in [0.15, 0.2) is 12.1 Å². The van der Waals surface area contributed by atoms with E-state index in [9.17, 15) is 5.11 Å². The van der Waals surface area contributed by atoms with E-state index in [2.05, 4.69) is 5.32 Å². The quantitative estimate of drug-likeness (QED) is 0.782. The van der Waals surface area contributed by atoms with Crippen LogP contribution < -0.4 is 14.8 Å². The first-order chi connectivity index (χ1) is 9.83. The zero-order valence-corrected chi connectivity index (χ0v) is 11.6. The van der Waals surface area contributed by atoms with Gasteiger partial charge in [-0.15, -0.1) is 0 Å². The predicted octanol–water partition coefficient (Wildman–Crippen LogP) is 2.17. The van der Waals surface area contributed by atoms with Gasteiger partial charge in [-0.3, -0.25) is 0 Å². The highest BCUT2D eigenvalue weighted by molar-refractivity contribution is 5.51. The van der Waals surface area contributed by atoms with Gasteiger partial charge in [0.25, 0.3) is 0 Å². The molecule has 1 fully saturated rings. The Morgan fingerprint density at radius 2 is 1.95 bits per heavy atom. The number of phenolic OH excluding ortho intramolecular Hbond substituents is 1. The minimum Gasteiger partial charge on any atom is -0.507 e. The van der Waals surface area contributed by atoms with Gasteiger partial charge < -0.3 is 24.6 Å². The fraction of sp³-hybridized carbons (Fsp3) is 0.600. The third-order valence-corrected chi connectivity index (χ3v) is 3.82. The average Bonchev–Trinajstić information content (AvgIpc) is 3.09. The predicted molar refractivity (Wildman–Crippen MR) is 74.1 cm³/mol. The standard InChI is InChI=1S/C15H21NO4/c17-13-8-15-14(19-10-20-15)7-11(13)9-16-5-6-18-12-3-1-2-4-12/h7-8,12,16-17H,1-6,9-10H2. The van der Waals surface area contributed by atoms with Crippen LogP contribution in [0.4, 0.5) is 0 Å². The molecule has 0 radical (unpaired) electrons. The Morgan fingerprint density at radius 1 is 1.20 bits per heavy atom. The van der Waals surface area contributed by atoms with Crippen molar-refractivity contribution in [1.82, 2.24) is 5.32 Å². The zero-order chi connectivity index (χ0) is 13.8. The van der Waals surface area contributed by atoms with Crippen molar-refractivity contribution in [2.24, 2.45) is 0 Å². The number of fused-ring (bicyclic) bond motifs is 1. The van der Waals surface area contributed by atoms with Gasteiger partial charge in [-0.05, 0) is 18.9 Å². The van der Waals surface area contributed by atoms with Crippen LogP contribution in [0.5, 0.6) is 17.2 Å². The molecule has 3 rings (SSSR count). The number of hydrogen-bond donors (Lipinski definition) is 2. The number of benzene rings is 1. The molecule has 0 atom stereocenters. The number of aromatic hydroxyl groups is 1. The monoisotopic (exact) mass is 279 g/mol. The maximum absolute atomic E-state index is 9.90. The molecular formula is C15H21NO4. The van der Waals surface area contributed by atoms with Crippen LogP contribution in [0.2, 0.25) is 0 Å². The highest BCUT2D eigenvalue weighted by Crippen LogP contribution is 2.37. The summed E-state index contributed by atoms with van der Waals surface area (Å²) in [6.07, 6.45) is 5.44. The summed E-state index contributed by atoms with van der Waals surface area (Å²) < 4.78 is 16.3. The van der Waals surface area contributed by atoms with Crippen LogP contribution >= 0.6 is 0 Å². The summed E-state index contributed by atoms with van der Waals surface area (Å²) >= 11 is 0. The fourth-order valence-electron chi connectivity index (χ4n) is 2.69. The van der Waals surface area contributed by atoms with E-state index >= 15 is 0 Å². The molecule has 110 valence electrons. The second kappa shape index (κ2) is 6.33. The number of rotatable bonds is 6. The van der Waals surface area contributed by atoms with E-state index < -0.39 is 0 Å². The second-order valence-electron chi connectivity index (χ2n) is 5.29. The third-order valence-electron chi connectivity index (χ3n) is 3.82. The maximum Gasteiger partial charge on any atom is 0.231 e. The van der Waals surface area contributed by atoms with E-state index in [0.29, 0.717) is 24.1 Å². The highest BCUT2D eigenvalue weighted by atomic mass is 16.7. The topological polar surface area (TPSA) is 60.0 Å². The molecule has 0 spiro atoms. The minimum absolute atomic E-state index is 0.223. The van der Waals surface area contributed by atoms with Gasteiger partial charge in [0, 0.05) is 24.7 Å². The first-order valence-corrected chi connectivity index (χ1v) is 7.27. The van der Waals surface area contributed by atoms with Crippen molar-refractivity contribution in [1.29, 1.82) is 0 Å². The van der Waals surface area contributed by atoms with E-state index in [-0.39, 0.29) is 12.5 Å². The highest BCUT2D eigenvalue weighted by Gasteiger charge is 2.17. The number of ether oxygens (including phenoxy) is 3. The molecule has 1 aromatic carbocycles. The minimum atomic E-state index is 0.223. The molecule has 0 bridgehead atoms. The number of nitrogens with one attached hydrogen (secondary N) is 1. The summed E-state index contributed by atoms with van der Waals surface area (Å²) in [7, 11) is 0. The van der Waals surface area contributed by atoms with Gasteiger partial charge in [0.1, 0.15) is 5.75 Å². The Balaban J connectivity index is 1.42. The SMILES string of the molecule is Oc1cc2c(cc1CNCCOC1CCCC1)OCO2. The lowest BCUT2D eigenvalue weighted by Crippen LogP contribution is -2.21. The zero-order valence-electron chi connectivity index (χ0n) is 11.6. The van der Waals surface area contributed by atoms with Gasteiger partial charge >= 0.3 is 0 Å². The van der Waals surface area contributed by atoms with Crippen molar-refractivity contribution < 1.29 is 19.3 Å². The molecule has 1 aromatic rings. The van der Waals surface area contributed by atoms with Crippen LogP contribution in [0.25, 0.3) is 0 Å². The van der Waals surface area contributed by atoms with E-state index in [1.807, 2.05) is 6.07 Å². The lowest BCUT2D eigenvalue weighted by atomic mass is 10.1. The van der Waals surface area contributed by atoms with Crippen molar-refractivity contribution in [3.63, 3.8) is 0 Å². The molecule has 2 N–H and O–H groups in total. The summed E-state index contributed by atoms with van der Waals surface area (Å²) in [5.74, 6) is 1.54. The van der Waals surface area contributed by atoms with Crippen molar-refractivity contribution in [2.75, 3.05) is 19.9 Å². The molecule has 5 nitrogen and oxygen atoms in total. The first kappa shape index (κ1) is 13.5. The van der Waals surface area contributed by atoms with Gasteiger partial charge in [-0.2, -0.15) is 0 Å². The van der Waals surface area contributed by atoms with E-state index in [4.69, 9.17) is 14.2 Å². The molecule has 20 heavy (non-hydrogen) atoms. The molecule has 1 aliphatic carbocycles. The second-order valence-corrected chi connectivity index (χ2v) is 5.29. The molecule has 0 unspecified atom stereocenters. The Hall–Kier alpha value is -1.46. The Morgan fingerprint density at radius 3 is 2.75 bits per heavy atom. The van der Waals surface area contributed by atoms with Crippen LogP contribution in [0, 0.1) is 0 Å². The largest absolute Gasteiger partial charge is 0.507 e. The molecule has 1 aliphatic heterocycles. The first-order valence-electron chi connectivity index (χ1n) is 7.27. The smallest absolute Gasteiger partial charge is 0.231 e. The van der Waals surface area contributed by atoms with Crippen molar-refractivity contribution in [3.8, 4) is 17.2 Å². The van der Waals surface area contributed by atoms with Gasteiger partial charge in [-0.25, -0.2) is 0 Å². The molecule has 0 amide bonds. The summed E-state index contributed by atoms with van der Waals surface area (Å²) in [5.41, 5.74) is 0.815. The normalized spacial score (nSPS) is 17.8. The van der Waals surface area contributed by atoms with E-state index in [0.717, 1.165) is 18.7 Å². The van der Waals surface area contributed by atoms with Crippen LogP contribution in [0.3, 0.4) is 0 Å². The van der Waals surface area contributed by atoms with E-state index in [1.54, 1.807) is 6.07 Å². The number of hydrogen-bond acceptors (Lipinski definition) is 5. The van der Waals surface area contributed by atoms with E-state index in [1.165, 1.54) is 25.7 Å². The van der Waals surface area contributed by atoms with Gasteiger partial charge in [-0.1, -0.05) is 12.8 Å². The lowest BCUT2D eigenvalue weighted by molar-refractivity contribution is 0.0602. The summed E-state index contributed by atoms with van der Waals surface area (Å²) in [6.45, 7) is 2.32. The Labute approximate surface area is 118 Å². The maximum atomic E-state index is 9.90. The summed E-state index contributed by atoms with van der Waals surface area (Å²) in [6, 6.07) is 3.43. The molecule has 1 saturated carbocycles. The number of phenols is 1. The molecule has 5 heteroatoms. The third kappa shape index (κ3) is 3.16. The summed E-state index contributed by atoms with van der Waals surface area (Å²) in [4.78, 5) is 0. The van der Waals surface area contributed by atoms with Crippen LogP contribution in [-0.4, -0.2) is 31.2 Å². The molecule has 2 aliphatic rings. The summed E-state index contributed by atoms with van der Waals surface area (Å²) in [5, 5.41) is 13.2. The Kier molecular flexibility index (Phi) is 4.28. The lowest BCUT2D eigenvalue weighted by Gasteiger charge is -2.12. The van der Waals surface area contributed by atoms with Gasteiger partial charge in [0.15, 0.2) is 11.5 Å². The molecule has 1 heterocycles. The van der Waals surface area contributed by atoms with Gasteiger partial charge in [0.05, 0.1) is 12.7 Å². The van der Waals surface area contributed by atoms with Crippen molar-refractivity contribution >= 4 is 0 Å². The van der Waals surface area contributed by atoms with Crippen LogP contribution in [-0.2, 0) is 11.3 Å².